The van der Waals surface area contributed by atoms with Crippen molar-refractivity contribution in [2.75, 3.05) is 0 Å². The van der Waals surface area contributed by atoms with Crippen molar-refractivity contribution in [3.05, 3.63) is 0 Å². The van der Waals surface area contributed by atoms with Crippen molar-refractivity contribution in [3.63, 3.8) is 0 Å². The Labute approximate surface area is 76.3 Å². The first kappa shape index (κ1) is 12.0. The summed E-state index contributed by atoms with van der Waals surface area (Å²) in [6.07, 6.45) is 0.631. The van der Waals surface area contributed by atoms with Crippen LogP contribution in [-0.4, -0.2) is 19.8 Å². The SMILES string of the molecule is CC(C)(N)CC(C)(C)NS(=O)O. The summed E-state index contributed by atoms with van der Waals surface area (Å²) >= 11 is -1.98. The number of nitrogens with one attached hydrogen (secondary N) is 1. The smallest absolute Gasteiger partial charge is 0.232 e. The van der Waals surface area contributed by atoms with Crippen molar-refractivity contribution in [1.29, 1.82) is 0 Å². The summed E-state index contributed by atoms with van der Waals surface area (Å²) in [5, 5.41) is 0. The van der Waals surface area contributed by atoms with E-state index in [1.807, 2.05) is 27.7 Å². The fourth-order valence-corrected chi connectivity index (χ4v) is 1.96. The molecule has 0 aliphatic carbocycles. The van der Waals surface area contributed by atoms with E-state index >= 15 is 0 Å². The van der Waals surface area contributed by atoms with Gasteiger partial charge in [-0.05, 0) is 34.1 Å². The van der Waals surface area contributed by atoms with Gasteiger partial charge in [-0.3, -0.25) is 4.55 Å². The van der Waals surface area contributed by atoms with Crippen molar-refractivity contribution >= 4 is 11.3 Å². The molecule has 0 rings (SSSR count). The second kappa shape index (κ2) is 3.83. The van der Waals surface area contributed by atoms with E-state index in [0.717, 1.165) is 0 Å². The Balaban J connectivity index is 4.13. The Bertz CT molecular complexity index is 175. The molecule has 4 N–H and O–H groups in total. The lowest BCUT2D eigenvalue weighted by molar-refractivity contribution is 0.325. The molecule has 0 aromatic carbocycles. The third-order valence-corrected chi connectivity index (χ3v) is 1.99. The predicted molar refractivity (Wildman–Crippen MR) is 50.9 cm³/mol. The average molecular weight is 194 g/mol. The molecule has 0 aliphatic heterocycles. The van der Waals surface area contributed by atoms with E-state index in [9.17, 15) is 4.21 Å². The lowest BCUT2D eigenvalue weighted by atomic mass is 9.89. The lowest BCUT2D eigenvalue weighted by Crippen LogP contribution is -2.48. The van der Waals surface area contributed by atoms with Gasteiger partial charge in [0.2, 0.25) is 11.3 Å². The summed E-state index contributed by atoms with van der Waals surface area (Å²) in [4.78, 5) is 0. The molecule has 0 radical (unpaired) electrons. The van der Waals surface area contributed by atoms with Gasteiger partial charge in [-0.1, -0.05) is 0 Å². The fourth-order valence-electron chi connectivity index (χ4n) is 1.41. The Morgan fingerprint density at radius 2 is 1.83 bits per heavy atom. The second-order valence-electron chi connectivity index (χ2n) is 4.40. The molecule has 5 heteroatoms. The summed E-state index contributed by atoms with van der Waals surface area (Å²) in [5.41, 5.74) is 5.02. The quantitative estimate of drug-likeness (QED) is 0.574. The van der Waals surface area contributed by atoms with E-state index in [2.05, 4.69) is 4.72 Å². The summed E-state index contributed by atoms with van der Waals surface area (Å²) < 4.78 is 21.6. The zero-order valence-corrected chi connectivity index (χ0v) is 8.86. The van der Waals surface area contributed by atoms with E-state index in [0.29, 0.717) is 6.42 Å². The van der Waals surface area contributed by atoms with Crippen molar-refractivity contribution in [2.24, 2.45) is 5.73 Å². The first-order valence-corrected chi connectivity index (χ1v) is 4.91. The third kappa shape index (κ3) is 6.72. The van der Waals surface area contributed by atoms with Gasteiger partial charge in [0.1, 0.15) is 0 Å². The molecule has 1 unspecified atom stereocenters. The first-order chi connectivity index (χ1) is 5.12. The number of nitrogens with two attached hydrogens (primary N) is 1. The van der Waals surface area contributed by atoms with E-state index in [1.54, 1.807) is 0 Å². The minimum absolute atomic E-state index is 0.337. The topological polar surface area (TPSA) is 75.3 Å². The van der Waals surface area contributed by atoms with Crippen molar-refractivity contribution in [3.8, 4) is 0 Å². The normalized spacial score (nSPS) is 16.2. The Hall–Kier alpha value is 0.0300. The van der Waals surface area contributed by atoms with Crippen LogP contribution in [0.1, 0.15) is 34.1 Å². The van der Waals surface area contributed by atoms with E-state index in [4.69, 9.17) is 10.3 Å². The number of rotatable bonds is 4. The molecule has 0 fully saturated rings. The van der Waals surface area contributed by atoms with E-state index in [-0.39, 0.29) is 5.54 Å². The Morgan fingerprint density at radius 3 is 2.08 bits per heavy atom. The van der Waals surface area contributed by atoms with Crippen LogP contribution in [0.3, 0.4) is 0 Å². The average Bonchev–Trinajstić information content (AvgIpc) is 1.48. The molecule has 4 nitrogen and oxygen atoms in total. The third-order valence-electron chi connectivity index (χ3n) is 1.26. The van der Waals surface area contributed by atoms with Gasteiger partial charge >= 0.3 is 0 Å². The molecule has 12 heavy (non-hydrogen) atoms. The molecule has 74 valence electrons. The summed E-state index contributed by atoms with van der Waals surface area (Å²) in [6.45, 7) is 7.46. The van der Waals surface area contributed by atoms with Crippen LogP contribution in [0.4, 0.5) is 0 Å². The molecule has 0 aliphatic rings. The molecule has 0 amide bonds. The maximum atomic E-state index is 10.5. The van der Waals surface area contributed by atoms with Crippen LogP contribution < -0.4 is 10.5 Å². The molecule has 0 heterocycles. The second-order valence-corrected chi connectivity index (χ2v) is 5.10. The minimum Gasteiger partial charge on any atom is -0.325 e. The molecule has 0 saturated heterocycles. The standard InChI is InChI=1S/C7H18N2O2S/c1-6(2,8)5-7(3,4)9-12(10)11/h9H,5,8H2,1-4H3,(H,10,11). The van der Waals surface area contributed by atoms with Crippen LogP contribution in [0.15, 0.2) is 0 Å². The summed E-state index contributed by atoms with van der Waals surface area (Å²) in [6, 6.07) is 0. The van der Waals surface area contributed by atoms with Gasteiger partial charge in [0.05, 0.1) is 0 Å². The molecule has 0 aromatic rings. The van der Waals surface area contributed by atoms with Crippen molar-refractivity contribution in [1.82, 2.24) is 4.72 Å². The minimum atomic E-state index is -1.98. The van der Waals surface area contributed by atoms with Gasteiger partial charge in [-0.2, -0.15) is 0 Å². The highest BCUT2D eigenvalue weighted by atomic mass is 32.2. The fraction of sp³-hybridized carbons (Fsp3) is 1.00. The molecule has 1 atom stereocenters. The number of hydrogen-bond acceptors (Lipinski definition) is 2. The lowest BCUT2D eigenvalue weighted by Gasteiger charge is -2.31. The maximum Gasteiger partial charge on any atom is 0.232 e. The molecule has 0 bridgehead atoms. The highest BCUT2D eigenvalue weighted by Crippen LogP contribution is 2.17. The zero-order valence-electron chi connectivity index (χ0n) is 8.05. The summed E-state index contributed by atoms with van der Waals surface area (Å²) in [7, 11) is 0. The van der Waals surface area contributed by atoms with Crippen LogP contribution in [0.25, 0.3) is 0 Å². The largest absolute Gasteiger partial charge is 0.325 e. The van der Waals surface area contributed by atoms with Crippen LogP contribution >= 0.6 is 0 Å². The monoisotopic (exact) mass is 194 g/mol. The Kier molecular flexibility index (Phi) is 3.84. The highest BCUT2D eigenvalue weighted by Gasteiger charge is 2.26. The van der Waals surface area contributed by atoms with Crippen LogP contribution in [0.2, 0.25) is 0 Å². The van der Waals surface area contributed by atoms with E-state index < -0.39 is 16.8 Å². The molecule has 0 spiro atoms. The van der Waals surface area contributed by atoms with Gasteiger partial charge < -0.3 is 5.73 Å². The molecule has 0 saturated carbocycles. The van der Waals surface area contributed by atoms with E-state index in [1.165, 1.54) is 0 Å². The van der Waals surface area contributed by atoms with Gasteiger partial charge in [0, 0.05) is 11.1 Å². The number of hydrogen-bond donors (Lipinski definition) is 3. The summed E-state index contributed by atoms with van der Waals surface area (Å²) in [5.74, 6) is 0. The van der Waals surface area contributed by atoms with Gasteiger partial charge in [-0.25, -0.2) is 8.93 Å². The van der Waals surface area contributed by atoms with Crippen LogP contribution in [0, 0.1) is 0 Å². The molecular formula is C7H18N2O2S. The highest BCUT2D eigenvalue weighted by molar-refractivity contribution is 7.77. The molecule has 0 aromatic heterocycles. The van der Waals surface area contributed by atoms with Crippen molar-refractivity contribution < 1.29 is 8.76 Å². The Morgan fingerprint density at radius 1 is 1.42 bits per heavy atom. The predicted octanol–water partition coefficient (Wildman–Crippen LogP) is 0.619. The van der Waals surface area contributed by atoms with Crippen LogP contribution in [0.5, 0.6) is 0 Å². The first-order valence-electron chi connectivity index (χ1n) is 3.80. The van der Waals surface area contributed by atoms with Gasteiger partial charge in [0.25, 0.3) is 0 Å². The van der Waals surface area contributed by atoms with Crippen LogP contribution in [-0.2, 0) is 11.3 Å². The van der Waals surface area contributed by atoms with Gasteiger partial charge in [-0.15, -0.1) is 0 Å². The van der Waals surface area contributed by atoms with Gasteiger partial charge in [0.15, 0.2) is 0 Å². The van der Waals surface area contributed by atoms with Crippen molar-refractivity contribution in [2.45, 2.75) is 45.2 Å². The zero-order chi connectivity index (χ0) is 9.99. The maximum absolute atomic E-state index is 10.5. The molecular weight excluding hydrogens is 176 g/mol.